The third-order valence-electron chi connectivity index (χ3n) is 2.91. The monoisotopic (exact) mass is 214 g/mol. The fourth-order valence-corrected chi connectivity index (χ4v) is 2.11. The van der Waals surface area contributed by atoms with E-state index in [0.29, 0.717) is 6.04 Å². The molecule has 1 aliphatic rings. The van der Waals surface area contributed by atoms with Crippen molar-refractivity contribution in [1.29, 1.82) is 0 Å². The van der Waals surface area contributed by atoms with Gasteiger partial charge in [-0.05, 0) is 60.3 Å². The SMILES string of the molecule is CN(C)CCCNC1CCOC(C)(C)C1. The summed E-state index contributed by atoms with van der Waals surface area (Å²) in [6.45, 7) is 7.55. The zero-order valence-electron chi connectivity index (χ0n) is 10.7. The van der Waals surface area contributed by atoms with Crippen molar-refractivity contribution in [3.05, 3.63) is 0 Å². The Morgan fingerprint density at radius 1 is 1.40 bits per heavy atom. The van der Waals surface area contributed by atoms with Gasteiger partial charge in [-0.3, -0.25) is 0 Å². The van der Waals surface area contributed by atoms with Crippen molar-refractivity contribution >= 4 is 0 Å². The van der Waals surface area contributed by atoms with E-state index < -0.39 is 0 Å². The zero-order valence-corrected chi connectivity index (χ0v) is 10.7. The van der Waals surface area contributed by atoms with E-state index in [0.717, 1.165) is 26.0 Å². The number of hydrogen-bond donors (Lipinski definition) is 1. The van der Waals surface area contributed by atoms with Crippen LogP contribution in [0.3, 0.4) is 0 Å². The summed E-state index contributed by atoms with van der Waals surface area (Å²) < 4.78 is 5.69. The summed E-state index contributed by atoms with van der Waals surface area (Å²) in [5.74, 6) is 0. The number of nitrogens with zero attached hydrogens (tertiary/aromatic N) is 1. The fourth-order valence-electron chi connectivity index (χ4n) is 2.11. The lowest BCUT2D eigenvalue weighted by molar-refractivity contribution is -0.0628. The highest BCUT2D eigenvalue weighted by atomic mass is 16.5. The summed E-state index contributed by atoms with van der Waals surface area (Å²) >= 11 is 0. The summed E-state index contributed by atoms with van der Waals surface area (Å²) in [5, 5.41) is 3.63. The average Bonchev–Trinajstić information content (AvgIpc) is 2.10. The Labute approximate surface area is 94.2 Å². The topological polar surface area (TPSA) is 24.5 Å². The molecule has 0 radical (unpaired) electrons. The van der Waals surface area contributed by atoms with Gasteiger partial charge in [-0.1, -0.05) is 0 Å². The molecule has 0 aromatic rings. The van der Waals surface area contributed by atoms with E-state index in [-0.39, 0.29) is 5.60 Å². The lowest BCUT2D eigenvalue weighted by atomic mass is 9.94. The molecule has 1 N–H and O–H groups in total. The van der Waals surface area contributed by atoms with Crippen LogP contribution in [0.1, 0.15) is 33.1 Å². The third kappa shape index (κ3) is 5.50. The molecule has 3 nitrogen and oxygen atoms in total. The first-order valence-electron chi connectivity index (χ1n) is 6.02. The van der Waals surface area contributed by atoms with E-state index in [1.54, 1.807) is 0 Å². The Bertz CT molecular complexity index is 180. The molecule has 1 aliphatic heterocycles. The van der Waals surface area contributed by atoms with Gasteiger partial charge in [0.05, 0.1) is 5.60 Å². The van der Waals surface area contributed by atoms with Gasteiger partial charge in [-0.15, -0.1) is 0 Å². The lowest BCUT2D eigenvalue weighted by Crippen LogP contribution is -2.44. The summed E-state index contributed by atoms with van der Waals surface area (Å²) in [6.07, 6.45) is 3.52. The summed E-state index contributed by atoms with van der Waals surface area (Å²) in [5.41, 5.74) is 0.0669. The van der Waals surface area contributed by atoms with Crippen LogP contribution >= 0.6 is 0 Å². The van der Waals surface area contributed by atoms with Crippen molar-refractivity contribution in [2.75, 3.05) is 33.8 Å². The van der Waals surface area contributed by atoms with Crippen molar-refractivity contribution in [3.63, 3.8) is 0 Å². The van der Waals surface area contributed by atoms with E-state index in [4.69, 9.17) is 4.74 Å². The van der Waals surface area contributed by atoms with Crippen molar-refractivity contribution in [2.24, 2.45) is 0 Å². The van der Waals surface area contributed by atoms with E-state index in [1.807, 2.05) is 0 Å². The molecule has 1 rings (SSSR count). The first-order valence-corrected chi connectivity index (χ1v) is 6.02. The van der Waals surface area contributed by atoms with Crippen molar-refractivity contribution in [2.45, 2.75) is 44.8 Å². The van der Waals surface area contributed by atoms with Gasteiger partial charge in [0, 0.05) is 12.6 Å². The van der Waals surface area contributed by atoms with Crippen LogP contribution in [-0.4, -0.2) is 50.3 Å². The minimum atomic E-state index is 0.0669. The molecule has 3 heteroatoms. The van der Waals surface area contributed by atoms with Crippen LogP contribution in [0.4, 0.5) is 0 Å². The Morgan fingerprint density at radius 3 is 2.73 bits per heavy atom. The average molecular weight is 214 g/mol. The highest BCUT2D eigenvalue weighted by Gasteiger charge is 2.28. The van der Waals surface area contributed by atoms with Gasteiger partial charge >= 0.3 is 0 Å². The van der Waals surface area contributed by atoms with Gasteiger partial charge in [0.25, 0.3) is 0 Å². The van der Waals surface area contributed by atoms with Crippen molar-refractivity contribution < 1.29 is 4.74 Å². The zero-order chi connectivity index (χ0) is 11.3. The van der Waals surface area contributed by atoms with E-state index in [1.165, 1.54) is 13.0 Å². The molecule has 0 amide bonds. The van der Waals surface area contributed by atoms with E-state index in [2.05, 4.69) is 38.2 Å². The van der Waals surface area contributed by atoms with Gasteiger partial charge in [0.1, 0.15) is 0 Å². The smallest absolute Gasteiger partial charge is 0.0641 e. The molecule has 0 bridgehead atoms. The lowest BCUT2D eigenvalue weighted by Gasteiger charge is -2.36. The van der Waals surface area contributed by atoms with Gasteiger partial charge in [0.2, 0.25) is 0 Å². The Balaban J connectivity index is 2.11. The van der Waals surface area contributed by atoms with Crippen LogP contribution < -0.4 is 5.32 Å². The highest BCUT2D eigenvalue weighted by molar-refractivity contribution is 4.82. The molecule has 15 heavy (non-hydrogen) atoms. The minimum absolute atomic E-state index is 0.0669. The van der Waals surface area contributed by atoms with Crippen LogP contribution in [0.15, 0.2) is 0 Å². The summed E-state index contributed by atoms with van der Waals surface area (Å²) in [4.78, 5) is 2.23. The van der Waals surface area contributed by atoms with Crippen LogP contribution in [0.25, 0.3) is 0 Å². The Morgan fingerprint density at radius 2 is 2.13 bits per heavy atom. The second kappa shape index (κ2) is 5.83. The number of nitrogens with one attached hydrogen (secondary N) is 1. The number of rotatable bonds is 5. The quantitative estimate of drug-likeness (QED) is 0.702. The maximum Gasteiger partial charge on any atom is 0.0641 e. The molecule has 1 atom stereocenters. The third-order valence-corrected chi connectivity index (χ3v) is 2.91. The normalized spacial score (nSPS) is 25.8. The molecule has 0 aliphatic carbocycles. The summed E-state index contributed by atoms with van der Waals surface area (Å²) in [7, 11) is 4.25. The predicted octanol–water partition coefficient (Wildman–Crippen LogP) is 1.49. The molecule has 1 fully saturated rings. The van der Waals surface area contributed by atoms with Crippen LogP contribution in [0.5, 0.6) is 0 Å². The molecule has 1 heterocycles. The predicted molar refractivity (Wildman–Crippen MR) is 64.2 cm³/mol. The van der Waals surface area contributed by atoms with Crippen LogP contribution in [-0.2, 0) is 4.74 Å². The van der Waals surface area contributed by atoms with Gasteiger partial charge in [-0.2, -0.15) is 0 Å². The van der Waals surface area contributed by atoms with Crippen LogP contribution in [0.2, 0.25) is 0 Å². The highest BCUT2D eigenvalue weighted by Crippen LogP contribution is 2.23. The maximum absolute atomic E-state index is 5.69. The molecule has 0 spiro atoms. The van der Waals surface area contributed by atoms with Gasteiger partial charge in [0.15, 0.2) is 0 Å². The fraction of sp³-hybridized carbons (Fsp3) is 1.00. The van der Waals surface area contributed by atoms with Gasteiger partial charge < -0.3 is 15.0 Å². The Kier molecular flexibility index (Phi) is 5.03. The molecule has 1 unspecified atom stereocenters. The van der Waals surface area contributed by atoms with E-state index in [9.17, 15) is 0 Å². The Hall–Kier alpha value is -0.120. The molecule has 0 saturated carbocycles. The summed E-state index contributed by atoms with van der Waals surface area (Å²) in [6, 6.07) is 0.649. The second-order valence-corrected chi connectivity index (χ2v) is 5.41. The standard InChI is InChI=1S/C12H26N2O/c1-12(2)10-11(6-9-15-12)13-7-5-8-14(3)4/h11,13H,5-10H2,1-4H3. The van der Waals surface area contributed by atoms with E-state index >= 15 is 0 Å². The number of ether oxygens (including phenoxy) is 1. The molecule has 0 aromatic heterocycles. The van der Waals surface area contributed by atoms with Crippen molar-refractivity contribution in [3.8, 4) is 0 Å². The molecular formula is C12H26N2O. The molecular weight excluding hydrogens is 188 g/mol. The largest absolute Gasteiger partial charge is 0.375 e. The first-order chi connectivity index (χ1) is 6.99. The number of hydrogen-bond acceptors (Lipinski definition) is 3. The second-order valence-electron chi connectivity index (χ2n) is 5.41. The maximum atomic E-state index is 5.69. The first kappa shape index (κ1) is 12.9. The molecule has 1 saturated heterocycles. The van der Waals surface area contributed by atoms with Crippen LogP contribution in [0, 0.1) is 0 Å². The minimum Gasteiger partial charge on any atom is -0.375 e. The van der Waals surface area contributed by atoms with Gasteiger partial charge in [-0.25, -0.2) is 0 Å². The molecule has 90 valence electrons. The molecule has 0 aromatic carbocycles. The van der Waals surface area contributed by atoms with Crippen molar-refractivity contribution in [1.82, 2.24) is 10.2 Å².